The Morgan fingerprint density at radius 2 is 2.12 bits per heavy atom. The molecule has 1 fully saturated rings. The molecule has 1 unspecified atom stereocenters. The third-order valence-corrected chi connectivity index (χ3v) is 4.61. The number of sulfone groups is 1. The van der Waals surface area contributed by atoms with E-state index < -0.39 is 15.7 Å². The lowest BCUT2D eigenvalue weighted by molar-refractivity contribution is 0.571. The van der Waals surface area contributed by atoms with Crippen LogP contribution in [-0.2, 0) is 15.6 Å². The Morgan fingerprint density at radius 3 is 2.76 bits per heavy atom. The molecule has 0 spiro atoms. The number of hydrogen-bond acceptors (Lipinski definition) is 3. The quantitative estimate of drug-likeness (QED) is 0.889. The fourth-order valence-corrected chi connectivity index (χ4v) is 3.84. The van der Waals surface area contributed by atoms with E-state index in [1.807, 2.05) is 0 Å². The van der Waals surface area contributed by atoms with Gasteiger partial charge in [-0.3, -0.25) is 0 Å². The molecular formula is C12H16FNO2S. The highest BCUT2D eigenvalue weighted by Crippen LogP contribution is 2.14. The van der Waals surface area contributed by atoms with Gasteiger partial charge in [0.2, 0.25) is 0 Å². The molecule has 1 atom stereocenters. The molecule has 3 nitrogen and oxygen atoms in total. The van der Waals surface area contributed by atoms with Gasteiger partial charge in [-0.25, -0.2) is 12.8 Å². The molecule has 1 aromatic rings. The molecule has 0 amide bonds. The Bertz CT molecular complexity index is 481. The predicted molar refractivity (Wildman–Crippen MR) is 64.9 cm³/mol. The van der Waals surface area contributed by atoms with Crippen LogP contribution in [0.15, 0.2) is 24.3 Å². The number of benzene rings is 1. The lowest BCUT2D eigenvalue weighted by Gasteiger charge is -2.11. The maximum atomic E-state index is 13.4. The standard InChI is InChI=1S/C12H16FNO2S/c13-12-6-2-1-4-10(12)8-17(15,16)9-11-5-3-7-14-11/h1-2,4,6,11,14H,3,5,7-9H2. The molecule has 2 rings (SSSR count). The van der Waals surface area contributed by atoms with E-state index in [0.717, 1.165) is 19.4 Å². The van der Waals surface area contributed by atoms with Gasteiger partial charge in [0.1, 0.15) is 5.82 Å². The van der Waals surface area contributed by atoms with Crippen molar-refractivity contribution in [3.8, 4) is 0 Å². The first-order valence-corrected chi connectivity index (χ1v) is 7.56. The van der Waals surface area contributed by atoms with Gasteiger partial charge >= 0.3 is 0 Å². The summed E-state index contributed by atoms with van der Waals surface area (Å²) in [6.07, 6.45) is 1.90. The molecular weight excluding hydrogens is 241 g/mol. The number of halogens is 1. The highest BCUT2D eigenvalue weighted by atomic mass is 32.2. The van der Waals surface area contributed by atoms with Gasteiger partial charge < -0.3 is 5.32 Å². The molecule has 0 aliphatic carbocycles. The van der Waals surface area contributed by atoms with E-state index in [1.54, 1.807) is 12.1 Å². The molecule has 0 aromatic heterocycles. The minimum absolute atomic E-state index is 0.0340. The van der Waals surface area contributed by atoms with Crippen LogP contribution >= 0.6 is 0 Å². The Hall–Kier alpha value is -0.940. The van der Waals surface area contributed by atoms with Crippen LogP contribution in [0.1, 0.15) is 18.4 Å². The van der Waals surface area contributed by atoms with Crippen molar-refractivity contribution >= 4 is 9.84 Å². The summed E-state index contributed by atoms with van der Waals surface area (Å²) < 4.78 is 37.2. The molecule has 1 saturated heterocycles. The maximum absolute atomic E-state index is 13.4. The van der Waals surface area contributed by atoms with Gasteiger partial charge in [-0.15, -0.1) is 0 Å². The van der Waals surface area contributed by atoms with Crippen LogP contribution in [0, 0.1) is 5.82 Å². The summed E-state index contributed by atoms with van der Waals surface area (Å²) >= 11 is 0. The van der Waals surface area contributed by atoms with Crippen molar-refractivity contribution in [1.82, 2.24) is 5.32 Å². The van der Waals surface area contributed by atoms with E-state index in [9.17, 15) is 12.8 Å². The monoisotopic (exact) mass is 257 g/mol. The molecule has 0 bridgehead atoms. The zero-order chi connectivity index (χ0) is 12.3. The second-order valence-electron chi connectivity index (χ2n) is 4.44. The minimum Gasteiger partial charge on any atom is -0.313 e. The number of hydrogen-bond donors (Lipinski definition) is 1. The van der Waals surface area contributed by atoms with Crippen molar-refractivity contribution in [2.24, 2.45) is 0 Å². The van der Waals surface area contributed by atoms with Gasteiger partial charge in [0.15, 0.2) is 9.84 Å². The van der Waals surface area contributed by atoms with E-state index in [2.05, 4.69) is 5.32 Å². The largest absolute Gasteiger partial charge is 0.313 e. The van der Waals surface area contributed by atoms with Crippen LogP contribution in [0.25, 0.3) is 0 Å². The molecule has 5 heteroatoms. The average Bonchev–Trinajstić information content (AvgIpc) is 2.73. The zero-order valence-electron chi connectivity index (χ0n) is 9.52. The van der Waals surface area contributed by atoms with E-state index in [0.29, 0.717) is 0 Å². The van der Waals surface area contributed by atoms with Gasteiger partial charge in [0.05, 0.1) is 11.5 Å². The van der Waals surface area contributed by atoms with Gasteiger partial charge in [-0.2, -0.15) is 0 Å². The van der Waals surface area contributed by atoms with Crippen LogP contribution in [0.4, 0.5) is 4.39 Å². The Morgan fingerprint density at radius 1 is 1.35 bits per heavy atom. The first kappa shape index (κ1) is 12.5. The summed E-state index contributed by atoms with van der Waals surface area (Å²) in [6, 6.07) is 6.06. The van der Waals surface area contributed by atoms with Crippen LogP contribution in [0.2, 0.25) is 0 Å². The molecule has 1 heterocycles. The highest BCUT2D eigenvalue weighted by molar-refractivity contribution is 7.90. The summed E-state index contributed by atoms with van der Waals surface area (Å²) in [6.45, 7) is 0.875. The molecule has 1 aliphatic heterocycles. The first-order chi connectivity index (χ1) is 8.07. The first-order valence-electron chi connectivity index (χ1n) is 5.74. The third kappa shape index (κ3) is 3.51. The fourth-order valence-electron chi connectivity index (χ4n) is 2.12. The van der Waals surface area contributed by atoms with Gasteiger partial charge in [0, 0.05) is 11.6 Å². The van der Waals surface area contributed by atoms with Gasteiger partial charge in [-0.1, -0.05) is 18.2 Å². The van der Waals surface area contributed by atoms with Gasteiger partial charge in [-0.05, 0) is 25.5 Å². The van der Waals surface area contributed by atoms with E-state index >= 15 is 0 Å². The van der Waals surface area contributed by atoms with Crippen LogP contribution < -0.4 is 5.32 Å². The molecule has 1 aromatic carbocycles. The van der Waals surface area contributed by atoms with Crippen LogP contribution in [0.3, 0.4) is 0 Å². The van der Waals surface area contributed by atoms with Crippen molar-refractivity contribution in [3.63, 3.8) is 0 Å². The topological polar surface area (TPSA) is 46.2 Å². The molecule has 1 N–H and O–H groups in total. The summed E-state index contributed by atoms with van der Waals surface area (Å²) in [5, 5.41) is 3.14. The molecule has 17 heavy (non-hydrogen) atoms. The molecule has 0 radical (unpaired) electrons. The number of nitrogens with one attached hydrogen (secondary N) is 1. The molecule has 94 valence electrons. The smallest absolute Gasteiger partial charge is 0.156 e. The summed E-state index contributed by atoms with van der Waals surface area (Å²) in [7, 11) is -3.24. The summed E-state index contributed by atoms with van der Waals surface area (Å²) in [4.78, 5) is 0. The second-order valence-corrected chi connectivity index (χ2v) is 6.55. The van der Waals surface area contributed by atoms with E-state index in [-0.39, 0.29) is 23.1 Å². The lowest BCUT2D eigenvalue weighted by atomic mass is 10.2. The molecule has 0 saturated carbocycles. The minimum atomic E-state index is -3.24. The number of rotatable bonds is 4. The Balaban J connectivity index is 2.04. The van der Waals surface area contributed by atoms with E-state index in [4.69, 9.17) is 0 Å². The predicted octanol–water partition coefficient (Wildman–Crippen LogP) is 1.49. The van der Waals surface area contributed by atoms with E-state index in [1.165, 1.54) is 12.1 Å². The maximum Gasteiger partial charge on any atom is 0.156 e. The molecule has 1 aliphatic rings. The second kappa shape index (κ2) is 5.14. The summed E-state index contributed by atoms with van der Waals surface area (Å²) in [5.41, 5.74) is 0.255. The van der Waals surface area contributed by atoms with Crippen LogP contribution in [0.5, 0.6) is 0 Å². The average molecular weight is 257 g/mol. The van der Waals surface area contributed by atoms with Crippen molar-refractivity contribution < 1.29 is 12.8 Å². The van der Waals surface area contributed by atoms with Crippen LogP contribution in [-0.4, -0.2) is 26.8 Å². The fraction of sp³-hybridized carbons (Fsp3) is 0.500. The third-order valence-electron chi connectivity index (χ3n) is 2.95. The van der Waals surface area contributed by atoms with Crippen molar-refractivity contribution in [3.05, 3.63) is 35.6 Å². The van der Waals surface area contributed by atoms with Crippen molar-refractivity contribution in [1.29, 1.82) is 0 Å². The lowest BCUT2D eigenvalue weighted by Crippen LogP contribution is -2.30. The Kier molecular flexibility index (Phi) is 3.79. The Labute approximate surface area is 101 Å². The summed E-state index contributed by atoms with van der Waals surface area (Å²) in [5.74, 6) is -0.561. The van der Waals surface area contributed by atoms with Gasteiger partial charge in [0.25, 0.3) is 0 Å². The van der Waals surface area contributed by atoms with Crippen molar-refractivity contribution in [2.75, 3.05) is 12.3 Å². The normalized spacial score (nSPS) is 20.6. The SMILES string of the molecule is O=S(=O)(Cc1ccccc1F)CC1CCCN1. The highest BCUT2D eigenvalue weighted by Gasteiger charge is 2.23. The zero-order valence-corrected chi connectivity index (χ0v) is 10.3. The van der Waals surface area contributed by atoms with Crippen molar-refractivity contribution in [2.45, 2.75) is 24.6 Å².